The number of aryl methyl sites for hydroxylation is 2. The Labute approximate surface area is 158 Å². The molecule has 136 valence electrons. The molecular weight excluding hydrogens is 365 g/mol. The SMILES string of the molecule is Cc1ccc(C)c(NC(=O)CSc2nnc3c(n2)[nH]c2ccc(F)cc23)c1. The van der Waals surface area contributed by atoms with Gasteiger partial charge in [0, 0.05) is 16.6 Å². The van der Waals surface area contributed by atoms with Gasteiger partial charge >= 0.3 is 0 Å². The molecule has 0 saturated carbocycles. The van der Waals surface area contributed by atoms with E-state index in [2.05, 4.69) is 25.5 Å². The van der Waals surface area contributed by atoms with Crippen LogP contribution in [0.3, 0.4) is 0 Å². The lowest BCUT2D eigenvalue weighted by atomic mass is 10.1. The second-order valence-electron chi connectivity index (χ2n) is 6.26. The summed E-state index contributed by atoms with van der Waals surface area (Å²) in [6, 6.07) is 10.3. The van der Waals surface area contributed by atoms with Gasteiger partial charge in [-0.3, -0.25) is 4.79 Å². The highest BCUT2D eigenvalue weighted by atomic mass is 32.2. The smallest absolute Gasteiger partial charge is 0.234 e. The first kappa shape index (κ1) is 17.4. The van der Waals surface area contributed by atoms with Crippen LogP contribution in [0.2, 0.25) is 0 Å². The molecule has 4 rings (SSSR count). The maximum atomic E-state index is 13.4. The van der Waals surface area contributed by atoms with Gasteiger partial charge in [-0.1, -0.05) is 23.9 Å². The first-order valence-corrected chi connectivity index (χ1v) is 9.30. The summed E-state index contributed by atoms with van der Waals surface area (Å²) >= 11 is 1.19. The molecule has 4 aromatic rings. The number of H-pyrrole nitrogens is 1. The van der Waals surface area contributed by atoms with Gasteiger partial charge in [-0.2, -0.15) is 0 Å². The van der Waals surface area contributed by atoms with Crippen LogP contribution in [-0.4, -0.2) is 31.8 Å². The molecule has 0 aliphatic heterocycles. The molecule has 6 nitrogen and oxygen atoms in total. The number of benzene rings is 2. The Balaban J connectivity index is 1.49. The summed E-state index contributed by atoms with van der Waals surface area (Å²) in [6.45, 7) is 3.92. The van der Waals surface area contributed by atoms with E-state index in [-0.39, 0.29) is 17.5 Å². The lowest BCUT2D eigenvalue weighted by molar-refractivity contribution is -0.113. The van der Waals surface area contributed by atoms with Crippen molar-refractivity contribution in [3.63, 3.8) is 0 Å². The van der Waals surface area contributed by atoms with E-state index >= 15 is 0 Å². The standard InChI is InChI=1S/C19H16FN5OS/c1-10-3-4-11(2)15(7-10)21-16(26)9-27-19-23-18-17(24-25-19)13-8-12(20)5-6-14(13)22-18/h3-8H,9H2,1-2H3,(H,21,26)(H,22,23,25). The van der Waals surface area contributed by atoms with Crippen molar-refractivity contribution in [3.8, 4) is 0 Å². The summed E-state index contributed by atoms with van der Waals surface area (Å²) in [5, 5.41) is 12.1. The van der Waals surface area contributed by atoms with Crippen LogP contribution in [0.25, 0.3) is 22.1 Å². The lowest BCUT2D eigenvalue weighted by Gasteiger charge is -2.08. The van der Waals surface area contributed by atoms with Crippen molar-refractivity contribution in [2.24, 2.45) is 0 Å². The highest BCUT2D eigenvalue weighted by molar-refractivity contribution is 7.99. The molecule has 0 bridgehead atoms. The Morgan fingerprint density at radius 1 is 1.19 bits per heavy atom. The third kappa shape index (κ3) is 3.61. The third-order valence-corrected chi connectivity index (χ3v) is 4.99. The van der Waals surface area contributed by atoms with Crippen LogP contribution in [0.4, 0.5) is 10.1 Å². The minimum absolute atomic E-state index is 0.142. The Bertz CT molecular complexity index is 1170. The van der Waals surface area contributed by atoms with Gasteiger partial charge in [-0.15, -0.1) is 10.2 Å². The van der Waals surface area contributed by atoms with E-state index in [4.69, 9.17) is 0 Å². The fourth-order valence-corrected chi connectivity index (χ4v) is 3.36. The fraction of sp³-hybridized carbons (Fsp3) is 0.158. The van der Waals surface area contributed by atoms with Crippen molar-refractivity contribution in [3.05, 3.63) is 53.3 Å². The molecule has 0 atom stereocenters. The minimum atomic E-state index is -0.341. The fourth-order valence-electron chi connectivity index (χ4n) is 2.78. The molecule has 0 aliphatic rings. The Hall–Kier alpha value is -3.00. The van der Waals surface area contributed by atoms with Crippen molar-refractivity contribution in [1.82, 2.24) is 20.2 Å². The largest absolute Gasteiger partial charge is 0.338 e. The number of fused-ring (bicyclic) bond motifs is 3. The van der Waals surface area contributed by atoms with E-state index in [1.807, 2.05) is 32.0 Å². The quantitative estimate of drug-likeness (QED) is 0.522. The third-order valence-electron chi connectivity index (χ3n) is 4.16. The van der Waals surface area contributed by atoms with E-state index in [9.17, 15) is 9.18 Å². The number of carbonyl (C=O) groups excluding carboxylic acids is 1. The molecule has 0 fully saturated rings. The van der Waals surface area contributed by atoms with Gasteiger partial charge in [0.15, 0.2) is 5.65 Å². The number of nitrogens with zero attached hydrogens (tertiary/aromatic N) is 3. The van der Waals surface area contributed by atoms with E-state index in [0.717, 1.165) is 22.3 Å². The first-order valence-electron chi connectivity index (χ1n) is 8.31. The maximum Gasteiger partial charge on any atom is 0.234 e. The molecule has 0 saturated heterocycles. The Kier molecular flexibility index (Phi) is 4.49. The zero-order chi connectivity index (χ0) is 19.0. The molecule has 2 heterocycles. The number of nitrogens with one attached hydrogen (secondary N) is 2. The molecule has 0 spiro atoms. The molecule has 0 aliphatic carbocycles. The summed E-state index contributed by atoms with van der Waals surface area (Å²) in [7, 11) is 0. The second kappa shape index (κ2) is 6.96. The summed E-state index contributed by atoms with van der Waals surface area (Å²) in [4.78, 5) is 19.7. The average Bonchev–Trinajstić information content (AvgIpc) is 3.00. The molecule has 27 heavy (non-hydrogen) atoms. The monoisotopic (exact) mass is 381 g/mol. The molecule has 8 heteroatoms. The van der Waals surface area contributed by atoms with Crippen molar-refractivity contribution in [1.29, 1.82) is 0 Å². The van der Waals surface area contributed by atoms with Crippen LogP contribution >= 0.6 is 11.8 Å². The van der Waals surface area contributed by atoms with E-state index < -0.39 is 0 Å². The highest BCUT2D eigenvalue weighted by Gasteiger charge is 2.12. The van der Waals surface area contributed by atoms with Crippen LogP contribution in [0.15, 0.2) is 41.6 Å². The zero-order valence-electron chi connectivity index (χ0n) is 14.7. The number of anilines is 1. The van der Waals surface area contributed by atoms with Crippen LogP contribution in [0.5, 0.6) is 0 Å². The molecule has 1 amide bonds. The Morgan fingerprint density at radius 2 is 2.04 bits per heavy atom. The molecule has 2 aromatic heterocycles. The number of amides is 1. The summed E-state index contributed by atoms with van der Waals surface area (Å²) in [6.07, 6.45) is 0. The van der Waals surface area contributed by atoms with Crippen molar-refractivity contribution in [2.45, 2.75) is 19.0 Å². The molecular formula is C19H16FN5OS. The van der Waals surface area contributed by atoms with Crippen LogP contribution in [0.1, 0.15) is 11.1 Å². The Morgan fingerprint density at radius 3 is 2.89 bits per heavy atom. The lowest BCUT2D eigenvalue weighted by Crippen LogP contribution is -2.15. The number of hydrogen-bond donors (Lipinski definition) is 2. The van der Waals surface area contributed by atoms with Gasteiger partial charge in [0.05, 0.1) is 5.75 Å². The first-order chi connectivity index (χ1) is 13.0. The van der Waals surface area contributed by atoms with Gasteiger partial charge in [0.2, 0.25) is 11.1 Å². The predicted octanol–water partition coefficient (Wildman–Crippen LogP) is 3.99. The van der Waals surface area contributed by atoms with E-state index in [1.54, 1.807) is 6.07 Å². The topological polar surface area (TPSA) is 83.6 Å². The number of carbonyl (C=O) groups is 1. The van der Waals surface area contributed by atoms with Gasteiger partial charge in [0.1, 0.15) is 11.3 Å². The van der Waals surface area contributed by atoms with Gasteiger partial charge in [-0.25, -0.2) is 9.37 Å². The summed E-state index contributed by atoms with van der Waals surface area (Å²) in [5.41, 5.74) is 4.65. The number of rotatable bonds is 4. The molecule has 2 aromatic carbocycles. The van der Waals surface area contributed by atoms with Crippen LogP contribution < -0.4 is 5.32 Å². The molecule has 2 N–H and O–H groups in total. The summed E-state index contributed by atoms with van der Waals surface area (Å²) in [5.74, 6) is -0.321. The van der Waals surface area contributed by atoms with Crippen LogP contribution in [-0.2, 0) is 4.79 Å². The number of halogens is 1. The second-order valence-corrected chi connectivity index (χ2v) is 7.20. The molecule has 0 radical (unpaired) electrons. The van der Waals surface area contributed by atoms with Crippen molar-refractivity contribution >= 4 is 45.4 Å². The number of aromatic nitrogens is 4. The number of thioether (sulfide) groups is 1. The van der Waals surface area contributed by atoms with Crippen LogP contribution in [0, 0.1) is 19.7 Å². The van der Waals surface area contributed by atoms with Crippen molar-refractivity contribution in [2.75, 3.05) is 11.1 Å². The van der Waals surface area contributed by atoms with E-state index in [1.165, 1.54) is 23.9 Å². The number of aromatic amines is 1. The van der Waals surface area contributed by atoms with Gasteiger partial charge < -0.3 is 10.3 Å². The van der Waals surface area contributed by atoms with Crippen molar-refractivity contribution < 1.29 is 9.18 Å². The maximum absolute atomic E-state index is 13.4. The highest BCUT2D eigenvalue weighted by Crippen LogP contribution is 2.24. The van der Waals surface area contributed by atoms with Gasteiger partial charge in [0.25, 0.3) is 0 Å². The molecule has 0 unspecified atom stereocenters. The zero-order valence-corrected chi connectivity index (χ0v) is 15.5. The summed E-state index contributed by atoms with van der Waals surface area (Å²) < 4.78 is 13.4. The van der Waals surface area contributed by atoms with Gasteiger partial charge in [-0.05, 0) is 49.2 Å². The normalized spacial score (nSPS) is 11.2. The average molecular weight is 381 g/mol. The number of hydrogen-bond acceptors (Lipinski definition) is 5. The van der Waals surface area contributed by atoms with E-state index in [0.29, 0.717) is 21.7 Å². The minimum Gasteiger partial charge on any atom is -0.338 e. The predicted molar refractivity (Wildman–Crippen MR) is 104 cm³/mol.